The van der Waals surface area contributed by atoms with Crippen LogP contribution in [0.5, 0.6) is 5.75 Å². The van der Waals surface area contributed by atoms with Gasteiger partial charge in [0.05, 0.1) is 18.8 Å². The number of rotatable bonds is 6. The molecule has 0 radical (unpaired) electrons. The van der Waals surface area contributed by atoms with Crippen LogP contribution in [0, 0.1) is 0 Å². The average molecular weight is 276 g/mol. The van der Waals surface area contributed by atoms with E-state index in [1.54, 1.807) is 12.1 Å². The summed E-state index contributed by atoms with van der Waals surface area (Å²) in [5, 5.41) is 0. The summed E-state index contributed by atoms with van der Waals surface area (Å²) in [4.78, 5) is 24.0. The van der Waals surface area contributed by atoms with Crippen molar-refractivity contribution in [3.05, 3.63) is 28.8 Å². The van der Waals surface area contributed by atoms with Crippen LogP contribution >= 0.6 is 0 Å². The van der Waals surface area contributed by atoms with Gasteiger partial charge in [-0.05, 0) is 37.0 Å². The molecule has 108 valence electrons. The molecular weight excluding hydrogens is 256 g/mol. The standard InChI is InChI=1S/C16H20O4/c1-3-7-19-11-9-13-12(5-6-15(13)17)14(10-11)16(18)20-8-4-2/h9-10H,3-8H2,1-2H3. The molecule has 1 aromatic rings. The van der Waals surface area contributed by atoms with Gasteiger partial charge >= 0.3 is 5.97 Å². The van der Waals surface area contributed by atoms with Gasteiger partial charge in [0.2, 0.25) is 0 Å². The van der Waals surface area contributed by atoms with Crippen molar-refractivity contribution in [2.75, 3.05) is 13.2 Å². The summed E-state index contributed by atoms with van der Waals surface area (Å²) in [6.45, 7) is 4.91. The quantitative estimate of drug-likeness (QED) is 0.749. The topological polar surface area (TPSA) is 52.6 Å². The maximum Gasteiger partial charge on any atom is 0.338 e. The highest BCUT2D eigenvalue weighted by molar-refractivity contribution is 6.05. The molecule has 0 bridgehead atoms. The fourth-order valence-electron chi connectivity index (χ4n) is 2.29. The zero-order valence-electron chi connectivity index (χ0n) is 12.0. The number of ketones is 1. The molecule has 1 aliphatic rings. The Labute approximate surface area is 119 Å². The van der Waals surface area contributed by atoms with E-state index in [2.05, 4.69) is 0 Å². The van der Waals surface area contributed by atoms with Crippen molar-refractivity contribution in [1.29, 1.82) is 0 Å². The predicted octanol–water partition coefficient (Wildman–Crippen LogP) is 3.17. The summed E-state index contributed by atoms with van der Waals surface area (Å²) in [6.07, 6.45) is 2.72. The van der Waals surface area contributed by atoms with E-state index in [1.165, 1.54) is 0 Å². The highest BCUT2D eigenvalue weighted by Gasteiger charge is 2.27. The molecule has 2 rings (SSSR count). The number of Topliss-reactive ketones (excluding diaryl/α,β-unsaturated/α-hetero) is 1. The van der Waals surface area contributed by atoms with Crippen molar-refractivity contribution in [3.8, 4) is 5.75 Å². The molecule has 1 aliphatic carbocycles. The van der Waals surface area contributed by atoms with Crippen LogP contribution in [-0.2, 0) is 11.2 Å². The molecule has 0 heterocycles. The Bertz CT molecular complexity index is 519. The number of hydrogen-bond donors (Lipinski definition) is 0. The van der Waals surface area contributed by atoms with E-state index in [4.69, 9.17) is 9.47 Å². The molecule has 20 heavy (non-hydrogen) atoms. The molecule has 0 saturated carbocycles. The number of carbonyl (C=O) groups excluding carboxylic acids is 2. The minimum atomic E-state index is -0.361. The number of fused-ring (bicyclic) bond motifs is 1. The van der Waals surface area contributed by atoms with Gasteiger partial charge < -0.3 is 9.47 Å². The van der Waals surface area contributed by atoms with Gasteiger partial charge in [0.25, 0.3) is 0 Å². The highest BCUT2D eigenvalue weighted by atomic mass is 16.5. The normalized spacial score (nSPS) is 13.2. The third-order valence-electron chi connectivity index (χ3n) is 3.26. The fraction of sp³-hybridized carbons (Fsp3) is 0.500. The molecule has 0 aromatic heterocycles. The lowest BCUT2D eigenvalue weighted by atomic mass is 10.0. The van der Waals surface area contributed by atoms with Crippen molar-refractivity contribution in [1.82, 2.24) is 0 Å². The second kappa shape index (κ2) is 6.55. The first-order chi connectivity index (χ1) is 9.67. The molecule has 0 fully saturated rings. The van der Waals surface area contributed by atoms with Crippen molar-refractivity contribution in [3.63, 3.8) is 0 Å². The van der Waals surface area contributed by atoms with E-state index < -0.39 is 0 Å². The first-order valence-corrected chi connectivity index (χ1v) is 7.17. The van der Waals surface area contributed by atoms with E-state index in [9.17, 15) is 9.59 Å². The van der Waals surface area contributed by atoms with E-state index in [1.807, 2.05) is 13.8 Å². The fourth-order valence-corrected chi connectivity index (χ4v) is 2.29. The highest BCUT2D eigenvalue weighted by Crippen LogP contribution is 2.30. The molecule has 4 heteroatoms. The predicted molar refractivity (Wildman–Crippen MR) is 75.5 cm³/mol. The van der Waals surface area contributed by atoms with E-state index >= 15 is 0 Å². The van der Waals surface area contributed by atoms with Crippen LogP contribution in [0.3, 0.4) is 0 Å². The largest absolute Gasteiger partial charge is 0.494 e. The minimum absolute atomic E-state index is 0.0755. The lowest BCUT2D eigenvalue weighted by Crippen LogP contribution is -2.10. The molecule has 0 amide bonds. The molecule has 1 aromatic carbocycles. The second-order valence-corrected chi connectivity index (χ2v) is 4.90. The van der Waals surface area contributed by atoms with Gasteiger partial charge in [-0.15, -0.1) is 0 Å². The Balaban J connectivity index is 2.33. The summed E-state index contributed by atoms with van der Waals surface area (Å²) >= 11 is 0. The molecule has 0 N–H and O–H groups in total. The third kappa shape index (κ3) is 3.00. The molecule has 0 spiro atoms. The summed E-state index contributed by atoms with van der Waals surface area (Å²) in [7, 11) is 0. The number of ether oxygens (including phenoxy) is 2. The SMILES string of the molecule is CCCOC(=O)c1cc(OCCC)cc2c1CCC2=O. The Morgan fingerprint density at radius 1 is 1.15 bits per heavy atom. The average Bonchev–Trinajstić information content (AvgIpc) is 2.83. The molecule has 0 atom stereocenters. The Kier molecular flexibility index (Phi) is 4.77. The first kappa shape index (κ1) is 14.6. The van der Waals surface area contributed by atoms with Crippen molar-refractivity contribution >= 4 is 11.8 Å². The zero-order valence-corrected chi connectivity index (χ0v) is 12.0. The summed E-state index contributed by atoms with van der Waals surface area (Å²) in [6, 6.07) is 3.45. The van der Waals surface area contributed by atoms with Gasteiger partial charge in [-0.25, -0.2) is 4.79 Å². The van der Waals surface area contributed by atoms with Crippen molar-refractivity contribution < 1.29 is 19.1 Å². The second-order valence-electron chi connectivity index (χ2n) is 4.90. The van der Waals surface area contributed by atoms with Crippen LogP contribution < -0.4 is 4.74 Å². The first-order valence-electron chi connectivity index (χ1n) is 7.17. The molecule has 0 aliphatic heterocycles. The van der Waals surface area contributed by atoms with Gasteiger partial charge in [0.15, 0.2) is 5.78 Å². The lowest BCUT2D eigenvalue weighted by Gasteiger charge is -2.11. The van der Waals surface area contributed by atoms with Crippen LogP contribution in [0.2, 0.25) is 0 Å². The molecule has 0 saturated heterocycles. The van der Waals surface area contributed by atoms with Crippen molar-refractivity contribution in [2.45, 2.75) is 39.5 Å². The van der Waals surface area contributed by atoms with Crippen LogP contribution in [0.15, 0.2) is 12.1 Å². The van der Waals surface area contributed by atoms with Crippen LogP contribution in [-0.4, -0.2) is 25.0 Å². The zero-order chi connectivity index (χ0) is 14.5. The van der Waals surface area contributed by atoms with Crippen molar-refractivity contribution in [2.24, 2.45) is 0 Å². The lowest BCUT2D eigenvalue weighted by molar-refractivity contribution is 0.0503. The number of benzene rings is 1. The van der Waals surface area contributed by atoms with E-state index in [-0.39, 0.29) is 11.8 Å². The van der Waals surface area contributed by atoms with E-state index in [0.29, 0.717) is 42.9 Å². The maximum atomic E-state index is 12.1. The molecular formula is C16H20O4. The van der Waals surface area contributed by atoms with Crippen LogP contribution in [0.25, 0.3) is 0 Å². The monoisotopic (exact) mass is 276 g/mol. The van der Waals surface area contributed by atoms with Crippen LogP contribution in [0.1, 0.15) is 59.4 Å². The number of esters is 1. The van der Waals surface area contributed by atoms with Gasteiger partial charge in [0.1, 0.15) is 5.75 Å². The third-order valence-corrected chi connectivity index (χ3v) is 3.26. The number of carbonyl (C=O) groups is 2. The summed E-state index contributed by atoms with van der Waals surface area (Å²) < 4.78 is 10.8. The maximum absolute atomic E-state index is 12.1. The summed E-state index contributed by atoms with van der Waals surface area (Å²) in [5.74, 6) is 0.288. The smallest absolute Gasteiger partial charge is 0.338 e. The Morgan fingerprint density at radius 3 is 2.60 bits per heavy atom. The Morgan fingerprint density at radius 2 is 1.90 bits per heavy atom. The van der Waals surface area contributed by atoms with Gasteiger partial charge in [-0.1, -0.05) is 13.8 Å². The Hall–Kier alpha value is -1.84. The van der Waals surface area contributed by atoms with Crippen LogP contribution in [0.4, 0.5) is 0 Å². The molecule has 0 unspecified atom stereocenters. The van der Waals surface area contributed by atoms with E-state index in [0.717, 1.165) is 18.4 Å². The van der Waals surface area contributed by atoms with Gasteiger partial charge in [-0.3, -0.25) is 4.79 Å². The van der Waals surface area contributed by atoms with Gasteiger partial charge in [0, 0.05) is 12.0 Å². The number of hydrogen-bond acceptors (Lipinski definition) is 4. The van der Waals surface area contributed by atoms with Gasteiger partial charge in [-0.2, -0.15) is 0 Å². The molecule has 4 nitrogen and oxygen atoms in total. The minimum Gasteiger partial charge on any atom is -0.494 e. The summed E-state index contributed by atoms with van der Waals surface area (Å²) in [5.41, 5.74) is 1.90.